The van der Waals surface area contributed by atoms with Crippen molar-refractivity contribution in [1.82, 2.24) is 9.63 Å². The normalized spacial score (nSPS) is 13.7. The van der Waals surface area contributed by atoms with E-state index < -0.39 is 46.7 Å². The molecule has 3 rings (SSSR count). The van der Waals surface area contributed by atoms with Crippen LogP contribution < -0.4 is 5.56 Å². The third-order valence-electron chi connectivity index (χ3n) is 3.62. The zero-order chi connectivity index (χ0) is 19.9. The number of pyridine rings is 1. The topological polar surface area (TPSA) is 85.7 Å². The molecule has 0 atom stereocenters. The van der Waals surface area contributed by atoms with E-state index in [1.165, 1.54) is 24.3 Å². The van der Waals surface area contributed by atoms with Crippen molar-refractivity contribution >= 4 is 29.4 Å². The summed E-state index contributed by atoms with van der Waals surface area (Å²) in [5, 5.41) is -0.564. The Labute approximate surface area is 153 Å². The van der Waals surface area contributed by atoms with Crippen molar-refractivity contribution < 1.29 is 32.4 Å². The number of nitrogens with zero attached hydrogens (tertiary/aromatic N) is 2. The number of imide groups is 1. The molecule has 1 aliphatic rings. The van der Waals surface area contributed by atoms with Crippen LogP contribution in [0, 0.1) is 0 Å². The maximum absolute atomic E-state index is 12.8. The first-order valence-electron chi connectivity index (χ1n) is 7.25. The van der Waals surface area contributed by atoms with E-state index >= 15 is 0 Å². The Bertz CT molecular complexity index is 996. The van der Waals surface area contributed by atoms with E-state index in [4.69, 9.17) is 11.6 Å². The molecule has 7 nitrogen and oxygen atoms in total. The fourth-order valence-corrected chi connectivity index (χ4v) is 2.62. The van der Waals surface area contributed by atoms with E-state index in [0.717, 1.165) is 0 Å². The minimum Gasteiger partial charge on any atom is -0.328 e. The molecule has 11 heteroatoms. The number of halogens is 4. The summed E-state index contributed by atoms with van der Waals surface area (Å²) in [5.41, 5.74) is -2.30. The van der Waals surface area contributed by atoms with Gasteiger partial charge in [-0.2, -0.15) is 13.2 Å². The third-order valence-corrected chi connectivity index (χ3v) is 3.89. The average Bonchev–Trinajstić information content (AvgIpc) is 2.83. The number of hydrogen-bond donors (Lipinski definition) is 0. The summed E-state index contributed by atoms with van der Waals surface area (Å²) in [6, 6.07) is 6.12. The number of aromatic nitrogens is 1. The molecular formula is C16H8ClF3N2O5. The highest BCUT2D eigenvalue weighted by Crippen LogP contribution is 2.29. The average molecular weight is 401 g/mol. The summed E-state index contributed by atoms with van der Waals surface area (Å²) < 4.78 is 38.8. The van der Waals surface area contributed by atoms with Gasteiger partial charge >= 0.3 is 12.1 Å². The predicted molar refractivity (Wildman–Crippen MR) is 83.7 cm³/mol. The highest BCUT2D eigenvalue weighted by atomic mass is 35.5. The van der Waals surface area contributed by atoms with Gasteiger partial charge in [-0.3, -0.25) is 14.4 Å². The van der Waals surface area contributed by atoms with Crippen molar-refractivity contribution in [3.05, 3.63) is 68.6 Å². The molecule has 0 unspecified atom stereocenters. The van der Waals surface area contributed by atoms with Crippen LogP contribution >= 0.6 is 11.6 Å². The van der Waals surface area contributed by atoms with Gasteiger partial charge < -0.3 is 9.40 Å². The maximum Gasteiger partial charge on any atom is 0.417 e. The molecule has 1 aliphatic heterocycles. The lowest BCUT2D eigenvalue weighted by atomic mass is 10.1. The van der Waals surface area contributed by atoms with E-state index in [1.807, 2.05) is 0 Å². The zero-order valence-electron chi connectivity index (χ0n) is 13.1. The molecule has 2 amide bonds. The van der Waals surface area contributed by atoms with Crippen LogP contribution in [0.15, 0.2) is 41.3 Å². The number of carbonyl (C=O) groups is 3. The Kier molecular flexibility index (Phi) is 4.52. The summed E-state index contributed by atoms with van der Waals surface area (Å²) in [6.07, 6.45) is -4.41. The SMILES string of the molecule is O=C(Cn1cc(C(F)(F)F)cc(Cl)c1=O)ON1C(=O)c2ccccc2C1=O. The molecule has 0 bridgehead atoms. The minimum absolute atomic E-state index is 0.00887. The number of hydroxylamine groups is 2. The number of hydrogen-bond acceptors (Lipinski definition) is 5. The summed E-state index contributed by atoms with van der Waals surface area (Å²) in [5.74, 6) is -3.11. The highest BCUT2D eigenvalue weighted by molar-refractivity contribution is 6.30. The molecule has 140 valence electrons. The minimum atomic E-state index is -4.80. The van der Waals surface area contributed by atoms with E-state index in [0.29, 0.717) is 16.8 Å². The predicted octanol–water partition coefficient (Wildman–Crippen LogP) is 2.27. The van der Waals surface area contributed by atoms with E-state index in [2.05, 4.69) is 4.84 Å². The fourth-order valence-electron chi connectivity index (χ4n) is 2.39. The van der Waals surface area contributed by atoms with E-state index in [9.17, 15) is 32.3 Å². The standard InChI is InChI=1S/C16H8ClF3N2O5/c17-11-5-8(16(18,19)20)6-21(15(11)26)7-12(23)27-22-13(24)9-3-1-2-4-10(9)14(22)25/h1-6H,7H2. The number of benzene rings is 1. The van der Waals surface area contributed by atoms with Gasteiger partial charge in [0.1, 0.15) is 11.6 Å². The van der Waals surface area contributed by atoms with Gasteiger partial charge in [-0.05, 0) is 18.2 Å². The molecule has 0 N–H and O–H groups in total. The highest BCUT2D eigenvalue weighted by Gasteiger charge is 2.39. The summed E-state index contributed by atoms with van der Waals surface area (Å²) >= 11 is 5.48. The fraction of sp³-hybridized carbons (Fsp3) is 0.125. The molecular weight excluding hydrogens is 393 g/mol. The van der Waals surface area contributed by atoms with Gasteiger partial charge in [0.25, 0.3) is 17.4 Å². The monoisotopic (exact) mass is 400 g/mol. The second kappa shape index (κ2) is 6.54. The van der Waals surface area contributed by atoms with Crippen molar-refractivity contribution in [2.75, 3.05) is 0 Å². The first-order chi connectivity index (χ1) is 12.6. The van der Waals surface area contributed by atoms with Gasteiger partial charge in [0.15, 0.2) is 0 Å². The number of rotatable bonds is 3. The Morgan fingerprint density at radius 3 is 2.15 bits per heavy atom. The van der Waals surface area contributed by atoms with E-state index in [-0.39, 0.29) is 16.2 Å². The van der Waals surface area contributed by atoms with Crippen LogP contribution in [-0.4, -0.2) is 27.4 Å². The van der Waals surface area contributed by atoms with Crippen molar-refractivity contribution in [2.45, 2.75) is 12.7 Å². The number of carbonyl (C=O) groups excluding carboxylic acids is 3. The van der Waals surface area contributed by atoms with Crippen LogP contribution in [0.25, 0.3) is 0 Å². The third kappa shape index (κ3) is 3.43. The molecule has 1 aromatic heterocycles. The van der Waals surface area contributed by atoms with Crippen molar-refractivity contribution in [3.63, 3.8) is 0 Å². The van der Waals surface area contributed by atoms with Gasteiger partial charge in [0.05, 0.1) is 16.7 Å². The van der Waals surface area contributed by atoms with Gasteiger partial charge in [-0.1, -0.05) is 28.8 Å². The molecule has 27 heavy (non-hydrogen) atoms. The lowest BCUT2D eigenvalue weighted by molar-refractivity contribution is -0.169. The first-order valence-corrected chi connectivity index (χ1v) is 7.63. The molecule has 2 heterocycles. The van der Waals surface area contributed by atoms with Gasteiger partial charge in [0, 0.05) is 6.20 Å². The molecule has 0 saturated carbocycles. The largest absolute Gasteiger partial charge is 0.417 e. The summed E-state index contributed by atoms with van der Waals surface area (Å²) in [7, 11) is 0. The second-order valence-electron chi connectivity index (χ2n) is 5.42. The van der Waals surface area contributed by atoms with Crippen LogP contribution in [0.3, 0.4) is 0 Å². The number of amides is 2. The molecule has 2 aromatic rings. The summed E-state index contributed by atoms with van der Waals surface area (Å²) in [4.78, 5) is 52.7. The van der Waals surface area contributed by atoms with Crippen molar-refractivity contribution in [1.29, 1.82) is 0 Å². The van der Waals surface area contributed by atoms with Crippen molar-refractivity contribution in [2.24, 2.45) is 0 Å². The summed E-state index contributed by atoms with van der Waals surface area (Å²) in [6.45, 7) is -0.990. The molecule has 0 saturated heterocycles. The van der Waals surface area contributed by atoms with Gasteiger partial charge in [-0.25, -0.2) is 4.79 Å². The maximum atomic E-state index is 12.8. The zero-order valence-corrected chi connectivity index (χ0v) is 13.9. The molecule has 1 aromatic carbocycles. The molecule has 0 fully saturated rings. The van der Waals surface area contributed by atoms with Crippen molar-refractivity contribution in [3.8, 4) is 0 Å². The molecule has 0 aliphatic carbocycles. The lowest BCUT2D eigenvalue weighted by Crippen LogP contribution is -2.35. The van der Waals surface area contributed by atoms with Crippen LogP contribution in [0.2, 0.25) is 5.02 Å². The Balaban J connectivity index is 1.82. The van der Waals surface area contributed by atoms with Gasteiger partial charge in [-0.15, -0.1) is 0 Å². The number of fused-ring (bicyclic) bond motifs is 1. The molecule has 0 spiro atoms. The Hall–Kier alpha value is -3.14. The van der Waals surface area contributed by atoms with Crippen LogP contribution in [-0.2, 0) is 22.4 Å². The van der Waals surface area contributed by atoms with E-state index in [1.54, 1.807) is 0 Å². The van der Waals surface area contributed by atoms with Crippen LogP contribution in [0.5, 0.6) is 0 Å². The second-order valence-corrected chi connectivity index (χ2v) is 5.83. The first kappa shape index (κ1) is 18.6. The Morgan fingerprint density at radius 2 is 1.63 bits per heavy atom. The smallest absolute Gasteiger partial charge is 0.328 e. The van der Waals surface area contributed by atoms with Gasteiger partial charge in [0.2, 0.25) is 0 Å². The number of alkyl halides is 3. The van der Waals surface area contributed by atoms with Crippen LogP contribution in [0.1, 0.15) is 26.3 Å². The Morgan fingerprint density at radius 1 is 1.07 bits per heavy atom. The quantitative estimate of drug-likeness (QED) is 0.738. The molecule has 0 radical (unpaired) electrons. The lowest BCUT2D eigenvalue weighted by Gasteiger charge is -2.14. The van der Waals surface area contributed by atoms with Crippen LogP contribution in [0.4, 0.5) is 13.2 Å².